The van der Waals surface area contributed by atoms with Crippen LogP contribution in [0.3, 0.4) is 0 Å². The van der Waals surface area contributed by atoms with Gasteiger partial charge in [-0.1, -0.05) is 42.0 Å². The molecule has 5 heteroatoms. The lowest BCUT2D eigenvalue weighted by Gasteiger charge is -2.11. The third-order valence-electron chi connectivity index (χ3n) is 4.08. The van der Waals surface area contributed by atoms with E-state index in [0.29, 0.717) is 22.1 Å². The minimum absolute atomic E-state index is 0.0979. The highest BCUT2D eigenvalue weighted by atomic mass is 16.4. The summed E-state index contributed by atoms with van der Waals surface area (Å²) in [5.74, 6) is -0.251. The molecule has 5 nitrogen and oxygen atoms in total. The van der Waals surface area contributed by atoms with Crippen molar-refractivity contribution in [1.82, 2.24) is 0 Å². The zero-order chi connectivity index (χ0) is 18.1. The molecule has 0 spiro atoms. The second kappa shape index (κ2) is 6.37. The molecular formula is C21H15NO4. The van der Waals surface area contributed by atoms with Crippen molar-refractivity contribution in [2.45, 2.75) is 6.92 Å². The quantitative estimate of drug-likeness (QED) is 0.588. The number of carbonyl (C=O) groups excluding carboxylic acids is 1. The third-order valence-corrected chi connectivity index (χ3v) is 4.08. The summed E-state index contributed by atoms with van der Waals surface area (Å²) in [4.78, 5) is 25.5. The first kappa shape index (κ1) is 15.9. The van der Waals surface area contributed by atoms with Crippen LogP contribution in [0, 0.1) is 6.92 Å². The van der Waals surface area contributed by atoms with Gasteiger partial charge in [0, 0.05) is 0 Å². The molecule has 4 aromatic rings. The van der Waals surface area contributed by atoms with Crippen LogP contribution in [0.25, 0.3) is 22.1 Å². The molecule has 0 aliphatic rings. The number of rotatable bonds is 3. The van der Waals surface area contributed by atoms with E-state index in [2.05, 4.69) is 5.32 Å². The normalized spacial score (nSPS) is 10.8. The lowest BCUT2D eigenvalue weighted by molar-refractivity contribution is 0.0994. The van der Waals surface area contributed by atoms with Crippen molar-refractivity contribution in [3.05, 3.63) is 88.5 Å². The van der Waals surface area contributed by atoms with Crippen LogP contribution in [-0.4, -0.2) is 5.91 Å². The van der Waals surface area contributed by atoms with Crippen LogP contribution in [0.1, 0.15) is 16.1 Å². The SMILES string of the molecule is Cc1cccc(-c2c(NC(=O)c3ccco3)oc3ccccc3c2=O)c1. The average molecular weight is 345 g/mol. The van der Waals surface area contributed by atoms with Crippen LogP contribution in [0.4, 0.5) is 5.88 Å². The number of hydrogen-bond acceptors (Lipinski definition) is 4. The van der Waals surface area contributed by atoms with Crippen molar-refractivity contribution in [2.24, 2.45) is 0 Å². The summed E-state index contributed by atoms with van der Waals surface area (Å²) in [7, 11) is 0. The smallest absolute Gasteiger partial charge is 0.293 e. The van der Waals surface area contributed by atoms with E-state index in [-0.39, 0.29) is 17.1 Å². The Morgan fingerprint density at radius 2 is 1.85 bits per heavy atom. The van der Waals surface area contributed by atoms with Gasteiger partial charge in [0.2, 0.25) is 11.3 Å². The van der Waals surface area contributed by atoms with Crippen LogP contribution in [0.5, 0.6) is 0 Å². The highest BCUT2D eigenvalue weighted by Crippen LogP contribution is 2.29. The molecule has 2 aromatic heterocycles. The predicted octanol–water partition coefficient (Wildman–Crippen LogP) is 4.61. The molecule has 0 saturated carbocycles. The number of amides is 1. The summed E-state index contributed by atoms with van der Waals surface area (Å²) in [6.07, 6.45) is 1.41. The van der Waals surface area contributed by atoms with Gasteiger partial charge >= 0.3 is 0 Å². The van der Waals surface area contributed by atoms with Crippen LogP contribution in [0.15, 0.2) is 80.6 Å². The van der Waals surface area contributed by atoms with Gasteiger partial charge in [0.05, 0.1) is 17.2 Å². The fourth-order valence-corrected chi connectivity index (χ4v) is 2.87. The minimum Gasteiger partial charge on any atom is -0.459 e. The first-order valence-corrected chi connectivity index (χ1v) is 8.11. The van der Waals surface area contributed by atoms with Crippen molar-refractivity contribution in [1.29, 1.82) is 0 Å². The van der Waals surface area contributed by atoms with Crippen molar-refractivity contribution in [3.8, 4) is 11.1 Å². The number of aryl methyl sites for hydroxylation is 1. The molecule has 2 heterocycles. The monoisotopic (exact) mass is 345 g/mol. The molecule has 1 amide bonds. The fraction of sp³-hybridized carbons (Fsp3) is 0.0476. The molecule has 0 aliphatic carbocycles. The van der Waals surface area contributed by atoms with E-state index < -0.39 is 5.91 Å². The van der Waals surface area contributed by atoms with Crippen LogP contribution >= 0.6 is 0 Å². The molecule has 0 aliphatic heterocycles. The maximum absolute atomic E-state index is 13.1. The van der Waals surface area contributed by atoms with Crippen molar-refractivity contribution < 1.29 is 13.6 Å². The summed E-state index contributed by atoms with van der Waals surface area (Å²) in [6, 6.07) is 17.6. The molecule has 2 aromatic carbocycles. The van der Waals surface area contributed by atoms with Gasteiger partial charge in [0.15, 0.2) is 5.76 Å². The Kier molecular flexibility index (Phi) is 3.89. The third kappa shape index (κ3) is 2.80. The van der Waals surface area contributed by atoms with Crippen LogP contribution in [-0.2, 0) is 0 Å². The van der Waals surface area contributed by atoms with Gasteiger partial charge in [-0.25, -0.2) is 0 Å². The molecule has 128 valence electrons. The maximum atomic E-state index is 13.1. The summed E-state index contributed by atoms with van der Waals surface area (Å²) in [5.41, 5.74) is 2.20. The number of fused-ring (bicyclic) bond motifs is 1. The zero-order valence-corrected chi connectivity index (χ0v) is 14.0. The minimum atomic E-state index is -0.484. The molecule has 0 atom stereocenters. The Morgan fingerprint density at radius 1 is 1.00 bits per heavy atom. The van der Waals surface area contributed by atoms with E-state index in [1.165, 1.54) is 6.26 Å². The second-order valence-corrected chi connectivity index (χ2v) is 5.93. The standard InChI is InChI=1S/C21H15NO4/c1-13-6-4-7-14(12-13)18-19(23)15-8-2-3-9-16(15)26-21(18)22-20(24)17-10-5-11-25-17/h2-12H,1H3,(H,22,24). The Morgan fingerprint density at radius 3 is 2.62 bits per heavy atom. The number of para-hydroxylation sites is 1. The number of nitrogens with one attached hydrogen (secondary N) is 1. The highest BCUT2D eigenvalue weighted by Gasteiger charge is 2.19. The highest BCUT2D eigenvalue weighted by molar-refractivity contribution is 6.04. The molecule has 0 unspecified atom stereocenters. The summed E-state index contributed by atoms with van der Waals surface area (Å²) < 4.78 is 11.0. The fourth-order valence-electron chi connectivity index (χ4n) is 2.87. The van der Waals surface area contributed by atoms with Gasteiger partial charge in [-0.05, 0) is 36.8 Å². The lowest BCUT2D eigenvalue weighted by Crippen LogP contribution is -2.16. The molecule has 0 radical (unpaired) electrons. The molecule has 0 saturated heterocycles. The topological polar surface area (TPSA) is 72.5 Å². The number of carbonyl (C=O) groups is 1. The predicted molar refractivity (Wildman–Crippen MR) is 99.3 cm³/mol. The van der Waals surface area contributed by atoms with E-state index in [4.69, 9.17) is 8.83 Å². The number of benzene rings is 2. The number of anilines is 1. The zero-order valence-electron chi connectivity index (χ0n) is 14.0. The van der Waals surface area contributed by atoms with E-state index >= 15 is 0 Å². The molecule has 4 rings (SSSR count). The Hall–Kier alpha value is -3.60. The molecule has 0 fully saturated rings. The van der Waals surface area contributed by atoms with Gasteiger partial charge < -0.3 is 8.83 Å². The van der Waals surface area contributed by atoms with Gasteiger partial charge in [0.25, 0.3) is 5.91 Å². The maximum Gasteiger partial charge on any atom is 0.293 e. The molecular weight excluding hydrogens is 330 g/mol. The Balaban J connectivity index is 1.93. The van der Waals surface area contributed by atoms with Gasteiger partial charge in [-0.2, -0.15) is 0 Å². The van der Waals surface area contributed by atoms with Crippen molar-refractivity contribution in [3.63, 3.8) is 0 Å². The van der Waals surface area contributed by atoms with Crippen LogP contribution < -0.4 is 10.7 Å². The Labute approximate surface area is 148 Å². The Bertz CT molecular complexity index is 1160. The van der Waals surface area contributed by atoms with Gasteiger partial charge in [0.1, 0.15) is 5.58 Å². The van der Waals surface area contributed by atoms with E-state index in [9.17, 15) is 9.59 Å². The summed E-state index contributed by atoms with van der Waals surface area (Å²) >= 11 is 0. The summed E-state index contributed by atoms with van der Waals surface area (Å²) in [6.45, 7) is 1.94. The summed E-state index contributed by atoms with van der Waals surface area (Å²) in [5, 5.41) is 3.12. The average Bonchev–Trinajstić information content (AvgIpc) is 3.17. The molecule has 26 heavy (non-hydrogen) atoms. The number of furan rings is 1. The van der Waals surface area contributed by atoms with E-state index in [1.807, 2.05) is 31.2 Å². The lowest BCUT2D eigenvalue weighted by atomic mass is 10.0. The largest absolute Gasteiger partial charge is 0.459 e. The molecule has 0 bridgehead atoms. The van der Waals surface area contributed by atoms with Gasteiger partial charge in [-0.15, -0.1) is 0 Å². The van der Waals surface area contributed by atoms with Crippen LogP contribution in [0.2, 0.25) is 0 Å². The van der Waals surface area contributed by atoms with Gasteiger partial charge in [-0.3, -0.25) is 14.9 Å². The van der Waals surface area contributed by atoms with E-state index in [1.54, 1.807) is 36.4 Å². The van der Waals surface area contributed by atoms with Crippen molar-refractivity contribution >= 4 is 22.8 Å². The number of hydrogen-bond donors (Lipinski definition) is 1. The first-order chi connectivity index (χ1) is 12.6. The molecule has 1 N–H and O–H groups in total. The van der Waals surface area contributed by atoms with Crippen molar-refractivity contribution in [2.75, 3.05) is 5.32 Å². The van der Waals surface area contributed by atoms with E-state index in [0.717, 1.165) is 5.56 Å². The first-order valence-electron chi connectivity index (χ1n) is 8.11. The second-order valence-electron chi connectivity index (χ2n) is 5.93.